The molecule has 0 aromatic carbocycles. The van der Waals surface area contributed by atoms with Crippen LogP contribution in [0.15, 0.2) is 0 Å². The zero-order valence-corrected chi connectivity index (χ0v) is 14.9. The Morgan fingerprint density at radius 1 is 1.05 bits per heavy atom. The van der Waals surface area contributed by atoms with Crippen molar-refractivity contribution < 1.29 is 14.6 Å². The minimum atomic E-state index is -0.830. The number of ether oxygens (including phenoxy) is 2. The molecule has 0 saturated heterocycles. The van der Waals surface area contributed by atoms with Crippen molar-refractivity contribution in [3.8, 4) is 0 Å². The molecule has 3 nitrogen and oxygen atoms in total. The van der Waals surface area contributed by atoms with Gasteiger partial charge < -0.3 is 14.6 Å². The standard InChI is InChI=1S/C18H36O3/c1-7-13(2)15-8-10-16(11-9-15)14(3)20-12-17(19)21-18(4,5)6/h13-17,19H,7-12H2,1-6H3. The molecule has 0 heterocycles. The molecule has 1 rings (SSSR count). The van der Waals surface area contributed by atoms with E-state index in [0.29, 0.717) is 5.92 Å². The Bertz CT molecular complexity index is 277. The predicted octanol–water partition coefficient (Wildman–Crippen LogP) is 4.38. The Hall–Kier alpha value is -0.120. The highest BCUT2D eigenvalue weighted by molar-refractivity contribution is 4.78. The molecule has 3 atom stereocenters. The van der Waals surface area contributed by atoms with Gasteiger partial charge in [0.2, 0.25) is 0 Å². The molecular formula is C18H36O3. The van der Waals surface area contributed by atoms with Gasteiger partial charge in [-0.15, -0.1) is 0 Å². The van der Waals surface area contributed by atoms with Crippen LogP contribution >= 0.6 is 0 Å². The summed E-state index contributed by atoms with van der Waals surface area (Å²) in [5.74, 6) is 2.38. The molecule has 0 spiro atoms. The molecule has 3 unspecified atom stereocenters. The largest absolute Gasteiger partial charge is 0.373 e. The molecule has 0 aromatic heterocycles. The van der Waals surface area contributed by atoms with Crippen LogP contribution in [0.5, 0.6) is 0 Å². The number of hydrogen-bond donors (Lipinski definition) is 1. The van der Waals surface area contributed by atoms with Gasteiger partial charge in [-0.1, -0.05) is 20.3 Å². The zero-order valence-electron chi connectivity index (χ0n) is 14.9. The summed E-state index contributed by atoms with van der Waals surface area (Å²) in [5, 5.41) is 9.83. The first-order valence-corrected chi connectivity index (χ1v) is 8.70. The SMILES string of the molecule is CCC(C)C1CCC(C(C)OCC(O)OC(C)(C)C)CC1. The summed E-state index contributed by atoms with van der Waals surface area (Å²) in [6.45, 7) is 12.9. The van der Waals surface area contributed by atoms with E-state index < -0.39 is 6.29 Å². The normalized spacial score (nSPS) is 28.1. The Morgan fingerprint density at radius 2 is 1.57 bits per heavy atom. The smallest absolute Gasteiger partial charge is 0.178 e. The predicted molar refractivity (Wildman–Crippen MR) is 87.2 cm³/mol. The molecule has 126 valence electrons. The van der Waals surface area contributed by atoms with Crippen LogP contribution < -0.4 is 0 Å². The maximum Gasteiger partial charge on any atom is 0.178 e. The summed E-state index contributed by atoms with van der Waals surface area (Å²) in [7, 11) is 0. The second-order valence-corrected chi connectivity index (χ2v) is 7.78. The van der Waals surface area contributed by atoms with Gasteiger partial charge in [0.1, 0.15) is 0 Å². The molecule has 0 aliphatic heterocycles. The highest BCUT2D eigenvalue weighted by atomic mass is 16.6. The summed E-state index contributed by atoms with van der Waals surface area (Å²) in [5.41, 5.74) is -0.333. The van der Waals surface area contributed by atoms with E-state index in [1.807, 2.05) is 20.8 Å². The quantitative estimate of drug-likeness (QED) is 0.709. The lowest BCUT2D eigenvalue weighted by Gasteiger charge is -2.35. The fourth-order valence-electron chi connectivity index (χ4n) is 3.33. The Morgan fingerprint density at radius 3 is 2.05 bits per heavy atom. The Labute approximate surface area is 131 Å². The third-order valence-corrected chi connectivity index (χ3v) is 4.92. The van der Waals surface area contributed by atoms with Gasteiger partial charge in [-0.05, 0) is 71.1 Å². The van der Waals surface area contributed by atoms with Crippen molar-refractivity contribution in [3.05, 3.63) is 0 Å². The zero-order chi connectivity index (χ0) is 16.0. The molecule has 1 fully saturated rings. The number of aliphatic hydroxyl groups is 1. The van der Waals surface area contributed by atoms with E-state index in [1.54, 1.807) is 0 Å². The fourth-order valence-corrected chi connectivity index (χ4v) is 3.33. The summed E-state index contributed by atoms with van der Waals surface area (Å²) in [6.07, 6.45) is 5.84. The number of rotatable bonds is 7. The van der Waals surface area contributed by atoms with Crippen LogP contribution in [0, 0.1) is 17.8 Å². The van der Waals surface area contributed by atoms with Crippen LogP contribution in [0.4, 0.5) is 0 Å². The van der Waals surface area contributed by atoms with Crippen LogP contribution in [0.1, 0.15) is 73.6 Å². The third kappa shape index (κ3) is 7.12. The summed E-state index contributed by atoms with van der Waals surface area (Å²) in [4.78, 5) is 0. The number of aliphatic hydroxyl groups excluding tert-OH is 1. The topological polar surface area (TPSA) is 38.7 Å². The van der Waals surface area contributed by atoms with E-state index in [4.69, 9.17) is 9.47 Å². The van der Waals surface area contributed by atoms with Crippen LogP contribution in [0.2, 0.25) is 0 Å². The number of hydrogen-bond acceptors (Lipinski definition) is 3. The van der Waals surface area contributed by atoms with Gasteiger partial charge in [-0.25, -0.2) is 0 Å². The van der Waals surface area contributed by atoms with Crippen LogP contribution in [-0.2, 0) is 9.47 Å². The molecular weight excluding hydrogens is 264 g/mol. The summed E-state index contributed by atoms with van der Waals surface area (Å²) < 4.78 is 11.3. The average Bonchev–Trinajstić information content (AvgIpc) is 2.42. The fraction of sp³-hybridized carbons (Fsp3) is 1.00. The van der Waals surface area contributed by atoms with Crippen LogP contribution in [-0.4, -0.2) is 29.7 Å². The van der Waals surface area contributed by atoms with E-state index in [1.165, 1.54) is 32.1 Å². The maximum atomic E-state index is 9.83. The molecule has 1 aliphatic rings. The average molecular weight is 300 g/mol. The lowest BCUT2D eigenvalue weighted by atomic mass is 9.74. The monoisotopic (exact) mass is 300 g/mol. The minimum Gasteiger partial charge on any atom is -0.373 e. The molecule has 0 radical (unpaired) electrons. The van der Waals surface area contributed by atoms with Gasteiger partial charge >= 0.3 is 0 Å². The van der Waals surface area contributed by atoms with Gasteiger partial charge in [0.15, 0.2) is 6.29 Å². The van der Waals surface area contributed by atoms with Crippen molar-refractivity contribution in [2.45, 2.75) is 91.6 Å². The molecule has 21 heavy (non-hydrogen) atoms. The third-order valence-electron chi connectivity index (χ3n) is 4.92. The van der Waals surface area contributed by atoms with Gasteiger partial charge in [-0.2, -0.15) is 0 Å². The van der Waals surface area contributed by atoms with E-state index >= 15 is 0 Å². The second-order valence-electron chi connectivity index (χ2n) is 7.78. The molecule has 0 amide bonds. The van der Waals surface area contributed by atoms with Gasteiger partial charge in [0.25, 0.3) is 0 Å². The molecule has 1 N–H and O–H groups in total. The second kappa shape index (κ2) is 8.50. The van der Waals surface area contributed by atoms with Crippen molar-refractivity contribution in [2.75, 3.05) is 6.61 Å². The minimum absolute atomic E-state index is 0.209. The lowest BCUT2D eigenvalue weighted by molar-refractivity contribution is -0.200. The highest BCUT2D eigenvalue weighted by Gasteiger charge is 2.28. The van der Waals surface area contributed by atoms with E-state index in [-0.39, 0.29) is 18.3 Å². The van der Waals surface area contributed by atoms with Crippen molar-refractivity contribution >= 4 is 0 Å². The Balaban J connectivity index is 2.26. The molecule has 1 aliphatic carbocycles. The van der Waals surface area contributed by atoms with Crippen LogP contribution in [0.25, 0.3) is 0 Å². The van der Waals surface area contributed by atoms with E-state index in [0.717, 1.165) is 11.8 Å². The van der Waals surface area contributed by atoms with Gasteiger partial charge in [0.05, 0.1) is 18.3 Å². The maximum absolute atomic E-state index is 9.83. The van der Waals surface area contributed by atoms with Gasteiger partial charge in [0, 0.05) is 0 Å². The van der Waals surface area contributed by atoms with E-state index in [2.05, 4.69) is 20.8 Å². The first kappa shape index (κ1) is 18.9. The van der Waals surface area contributed by atoms with Gasteiger partial charge in [-0.3, -0.25) is 0 Å². The summed E-state index contributed by atoms with van der Waals surface area (Å²) >= 11 is 0. The van der Waals surface area contributed by atoms with Crippen molar-refractivity contribution in [3.63, 3.8) is 0 Å². The first-order valence-electron chi connectivity index (χ1n) is 8.70. The molecule has 1 saturated carbocycles. The highest BCUT2D eigenvalue weighted by Crippen LogP contribution is 2.36. The molecule has 3 heteroatoms. The molecule has 0 bridgehead atoms. The first-order chi connectivity index (χ1) is 9.73. The van der Waals surface area contributed by atoms with Crippen LogP contribution in [0.3, 0.4) is 0 Å². The lowest BCUT2D eigenvalue weighted by Crippen LogP contribution is -2.34. The Kier molecular flexibility index (Phi) is 7.66. The summed E-state index contributed by atoms with van der Waals surface area (Å²) in [6, 6.07) is 0. The van der Waals surface area contributed by atoms with Crippen molar-refractivity contribution in [1.29, 1.82) is 0 Å². The van der Waals surface area contributed by atoms with Crippen molar-refractivity contribution in [1.82, 2.24) is 0 Å². The van der Waals surface area contributed by atoms with E-state index in [9.17, 15) is 5.11 Å². The molecule has 0 aromatic rings. The van der Waals surface area contributed by atoms with Crippen molar-refractivity contribution in [2.24, 2.45) is 17.8 Å².